The van der Waals surface area contributed by atoms with Crippen molar-refractivity contribution in [2.75, 3.05) is 39.8 Å². The maximum Gasteiger partial charge on any atom is 0.213 e. The van der Waals surface area contributed by atoms with Gasteiger partial charge in [0.05, 0.1) is 6.61 Å². The summed E-state index contributed by atoms with van der Waals surface area (Å²) in [5.41, 5.74) is 0.417. The molecule has 0 bridgehead atoms. The summed E-state index contributed by atoms with van der Waals surface area (Å²) in [6.07, 6.45) is 8.69. The van der Waals surface area contributed by atoms with Gasteiger partial charge in [-0.3, -0.25) is 9.80 Å². The zero-order valence-electron chi connectivity index (χ0n) is 14.3. The van der Waals surface area contributed by atoms with E-state index in [1.807, 2.05) is 18.2 Å². The number of likely N-dealkylation sites (tertiary alicyclic amines) is 2. The van der Waals surface area contributed by atoms with Gasteiger partial charge in [0.15, 0.2) is 0 Å². The van der Waals surface area contributed by atoms with Gasteiger partial charge in [0.1, 0.15) is 0 Å². The maximum absolute atomic E-state index is 5.92. The fourth-order valence-corrected chi connectivity index (χ4v) is 4.51. The molecule has 1 saturated carbocycles. The van der Waals surface area contributed by atoms with Gasteiger partial charge >= 0.3 is 0 Å². The van der Waals surface area contributed by atoms with E-state index in [4.69, 9.17) is 4.74 Å². The summed E-state index contributed by atoms with van der Waals surface area (Å²) in [7, 11) is 2.32. The summed E-state index contributed by atoms with van der Waals surface area (Å²) < 4.78 is 5.92. The standard InChI is InChI=1S/C19H29N3O/c1-21-10-8-17(13-23-18-7-2-3-9-20-18)11-19(21)14-22(15-19)12-16-5-4-6-16/h2-3,7,9,16-17H,4-6,8,10-15H2,1H3/t17-/m1/s1. The average Bonchev–Trinajstić information content (AvgIpc) is 2.50. The summed E-state index contributed by atoms with van der Waals surface area (Å²) >= 11 is 0. The minimum atomic E-state index is 0.417. The lowest BCUT2D eigenvalue weighted by Crippen LogP contribution is -2.72. The number of likely N-dealkylation sites (N-methyl/N-ethyl adjacent to an activating group) is 1. The number of nitrogens with zero attached hydrogens (tertiary/aromatic N) is 3. The number of pyridine rings is 1. The van der Waals surface area contributed by atoms with Gasteiger partial charge < -0.3 is 4.74 Å². The number of piperidine rings is 1. The van der Waals surface area contributed by atoms with E-state index in [1.54, 1.807) is 6.20 Å². The summed E-state index contributed by atoms with van der Waals surface area (Å²) in [5.74, 6) is 2.42. The van der Waals surface area contributed by atoms with Crippen LogP contribution in [-0.4, -0.2) is 60.2 Å². The molecule has 126 valence electrons. The Morgan fingerprint density at radius 1 is 1.22 bits per heavy atom. The summed E-state index contributed by atoms with van der Waals surface area (Å²) in [6, 6.07) is 5.87. The molecule has 23 heavy (non-hydrogen) atoms. The molecular weight excluding hydrogens is 286 g/mol. The smallest absolute Gasteiger partial charge is 0.213 e. The highest BCUT2D eigenvalue weighted by atomic mass is 16.5. The normalized spacial score (nSPS) is 28.3. The fraction of sp³-hybridized carbons (Fsp3) is 0.737. The molecular formula is C19H29N3O. The van der Waals surface area contributed by atoms with Crippen LogP contribution in [-0.2, 0) is 0 Å². The highest BCUT2D eigenvalue weighted by Gasteiger charge is 2.49. The molecule has 2 aliphatic heterocycles. The van der Waals surface area contributed by atoms with Gasteiger partial charge in [0.2, 0.25) is 5.88 Å². The van der Waals surface area contributed by atoms with Crippen molar-refractivity contribution in [3.8, 4) is 5.88 Å². The second-order valence-electron chi connectivity index (χ2n) is 7.95. The number of hydrogen-bond acceptors (Lipinski definition) is 4. The first-order valence-corrected chi connectivity index (χ1v) is 9.21. The van der Waals surface area contributed by atoms with E-state index in [2.05, 4.69) is 21.8 Å². The molecule has 4 rings (SSSR count). The van der Waals surface area contributed by atoms with E-state index in [9.17, 15) is 0 Å². The average molecular weight is 315 g/mol. The number of aromatic nitrogens is 1. The Balaban J connectivity index is 1.28. The predicted molar refractivity (Wildman–Crippen MR) is 91.6 cm³/mol. The highest BCUT2D eigenvalue weighted by molar-refractivity contribution is 5.10. The lowest BCUT2D eigenvalue weighted by Gasteiger charge is -2.59. The number of hydrogen-bond donors (Lipinski definition) is 0. The second kappa shape index (κ2) is 6.40. The molecule has 0 N–H and O–H groups in total. The first kappa shape index (κ1) is 15.4. The monoisotopic (exact) mass is 315 g/mol. The minimum Gasteiger partial charge on any atom is -0.477 e. The molecule has 0 amide bonds. The van der Waals surface area contributed by atoms with E-state index in [0.29, 0.717) is 11.5 Å². The van der Waals surface area contributed by atoms with Crippen molar-refractivity contribution in [1.29, 1.82) is 0 Å². The molecule has 1 spiro atoms. The number of rotatable bonds is 5. The van der Waals surface area contributed by atoms with Gasteiger partial charge in [-0.25, -0.2) is 4.98 Å². The zero-order chi connectivity index (χ0) is 15.7. The third kappa shape index (κ3) is 3.24. The Morgan fingerprint density at radius 2 is 2.09 bits per heavy atom. The lowest BCUT2D eigenvalue weighted by molar-refractivity contribution is -0.0917. The van der Waals surface area contributed by atoms with Crippen LogP contribution in [0.15, 0.2) is 24.4 Å². The third-order valence-corrected chi connectivity index (χ3v) is 6.23. The first-order valence-electron chi connectivity index (χ1n) is 9.21. The molecule has 3 aliphatic rings. The van der Waals surface area contributed by atoms with Gasteiger partial charge in [0, 0.05) is 37.4 Å². The van der Waals surface area contributed by atoms with Crippen molar-refractivity contribution in [2.45, 2.75) is 37.6 Å². The Labute approximate surface area is 139 Å². The van der Waals surface area contributed by atoms with E-state index < -0.39 is 0 Å². The molecule has 0 unspecified atom stereocenters. The summed E-state index contributed by atoms with van der Waals surface area (Å²) in [4.78, 5) is 9.56. The molecule has 0 aromatic carbocycles. The largest absolute Gasteiger partial charge is 0.477 e. The Bertz CT molecular complexity index is 511. The second-order valence-corrected chi connectivity index (χ2v) is 7.95. The molecule has 1 aliphatic carbocycles. The molecule has 1 atom stereocenters. The summed E-state index contributed by atoms with van der Waals surface area (Å²) in [6.45, 7) is 5.88. The third-order valence-electron chi connectivity index (χ3n) is 6.23. The first-order chi connectivity index (χ1) is 11.2. The van der Waals surface area contributed by atoms with Gasteiger partial charge in [-0.05, 0) is 57.2 Å². The fourth-order valence-electron chi connectivity index (χ4n) is 4.51. The Morgan fingerprint density at radius 3 is 2.78 bits per heavy atom. The molecule has 3 fully saturated rings. The van der Waals surface area contributed by atoms with Crippen LogP contribution in [0.4, 0.5) is 0 Å². The molecule has 1 aromatic heterocycles. The summed E-state index contributed by atoms with van der Waals surface area (Å²) in [5, 5.41) is 0. The topological polar surface area (TPSA) is 28.6 Å². The molecule has 4 heteroatoms. The Kier molecular flexibility index (Phi) is 4.29. The molecule has 1 aromatic rings. The quantitative estimate of drug-likeness (QED) is 0.835. The highest BCUT2D eigenvalue weighted by Crippen LogP contribution is 2.40. The lowest BCUT2D eigenvalue weighted by atomic mass is 9.74. The van der Waals surface area contributed by atoms with Crippen LogP contribution >= 0.6 is 0 Å². The van der Waals surface area contributed by atoms with E-state index in [1.165, 1.54) is 58.3 Å². The van der Waals surface area contributed by atoms with Crippen LogP contribution in [0.3, 0.4) is 0 Å². The van der Waals surface area contributed by atoms with E-state index in [0.717, 1.165) is 18.4 Å². The van der Waals surface area contributed by atoms with Gasteiger partial charge in [0.25, 0.3) is 0 Å². The molecule has 0 radical (unpaired) electrons. The van der Waals surface area contributed by atoms with E-state index >= 15 is 0 Å². The van der Waals surface area contributed by atoms with Crippen LogP contribution in [0.25, 0.3) is 0 Å². The SMILES string of the molecule is CN1CC[C@@H](COc2ccccn2)CC12CN(CC1CCC1)C2. The van der Waals surface area contributed by atoms with E-state index in [-0.39, 0.29) is 0 Å². The minimum absolute atomic E-state index is 0.417. The molecule has 3 heterocycles. The van der Waals surface area contributed by atoms with Crippen molar-refractivity contribution in [3.05, 3.63) is 24.4 Å². The number of ether oxygens (including phenoxy) is 1. The van der Waals surface area contributed by atoms with Gasteiger partial charge in [-0.15, -0.1) is 0 Å². The molecule has 2 saturated heterocycles. The van der Waals surface area contributed by atoms with Crippen LogP contribution in [0.2, 0.25) is 0 Å². The van der Waals surface area contributed by atoms with Crippen molar-refractivity contribution in [1.82, 2.24) is 14.8 Å². The van der Waals surface area contributed by atoms with Crippen molar-refractivity contribution in [3.63, 3.8) is 0 Å². The predicted octanol–water partition coefficient (Wildman–Crippen LogP) is 2.66. The van der Waals surface area contributed by atoms with Crippen LogP contribution in [0.5, 0.6) is 5.88 Å². The zero-order valence-corrected chi connectivity index (χ0v) is 14.3. The van der Waals surface area contributed by atoms with Crippen LogP contribution in [0.1, 0.15) is 32.1 Å². The van der Waals surface area contributed by atoms with Crippen LogP contribution in [0, 0.1) is 11.8 Å². The van der Waals surface area contributed by atoms with Gasteiger partial charge in [-0.1, -0.05) is 12.5 Å². The van der Waals surface area contributed by atoms with Crippen molar-refractivity contribution < 1.29 is 4.74 Å². The van der Waals surface area contributed by atoms with Crippen molar-refractivity contribution >= 4 is 0 Å². The van der Waals surface area contributed by atoms with Gasteiger partial charge in [-0.2, -0.15) is 0 Å². The van der Waals surface area contributed by atoms with Crippen molar-refractivity contribution in [2.24, 2.45) is 11.8 Å². The van der Waals surface area contributed by atoms with Crippen LogP contribution < -0.4 is 4.74 Å². The Hall–Kier alpha value is -1.13. The molecule has 4 nitrogen and oxygen atoms in total. The maximum atomic E-state index is 5.92.